The van der Waals surface area contributed by atoms with Crippen LogP contribution in [0, 0.1) is 5.82 Å². The number of aromatic amines is 1. The maximum atomic E-state index is 14.5. The molecule has 1 atom stereocenters. The number of H-pyrrole nitrogens is 1. The van der Waals surface area contributed by atoms with Gasteiger partial charge in [0.15, 0.2) is 0 Å². The summed E-state index contributed by atoms with van der Waals surface area (Å²) < 4.78 is 27.1. The Morgan fingerprint density at radius 1 is 1.20 bits per heavy atom. The molecule has 0 saturated carbocycles. The number of benzene rings is 2. The van der Waals surface area contributed by atoms with Crippen LogP contribution in [0.2, 0.25) is 0 Å². The van der Waals surface area contributed by atoms with Crippen molar-refractivity contribution in [1.29, 1.82) is 0 Å². The fourth-order valence-electron chi connectivity index (χ4n) is 3.12. The number of aromatic nitrogens is 1. The molecule has 0 saturated heterocycles. The first kappa shape index (κ1) is 17.3. The van der Waals surface area contributed by atoms with Gasteiger partial charge < -0.3 is 16.0 Å². The van der Waals surface area contributed by atoms with Crippen LogP contribution in [0.3, 0.4) is 0 Å². The van der Waals surface area contributed by atoms with Crippen LogP contribution in [0.5, 0.6) is 0 Å². The number of halogens is 1. The molecule has 5 nitrogen and oxygen atoms in total. The minimum absolute atomic E-state index is 0. The van der Waals surface area contributed by atoms with Gasteiger partial charge in [-0.3, -0.25) is 9.00 Å². The van der Waals surface area contributed by atoms with Crippen molar-refractivity contribution >= 4 is 33.2 Å². The fourth-order valence-corrected chi connectivity index (χ4v) is 4.23. The molecule has 0 spiro atoms. The summed E-state index contributed by atoms with van der Waals surface area (Å²) in [4.78, 5) is 15.8. The first-order valence-corrected chi connectivity index (χ1v) is 8.76. The highest BCUT2D eigenvalue weighted by Crippen LogP contribution is 2.42. The maximum absolute atomic E-state index is 14.5. The lowest BCUT2D eigenvalue weighted by atomic mass is 9.97. The molecule has 1 aromatic heterocycles. The molecule has 25 heavy (non-hydrogen) atoms. The van der Waals surface area contributed by atoms with Gasteiger partial charge in [0.1, 0.15) is 5.82 Å². The van der Waals surface area contributed by atoms with Crippen molar-refractivity contribution in [2.45, 2.75) is 12.3 Å². The van der Waals surface area contributed by atoms with E-state index >= 15 is 0 Å². The smallest absolute Gasteiger partial charge is 0.257 e. The van der Waals surface area contributed by atoms with E-state index in [-0.39, 0.29) is 31.0 Å². The molecule has 3 aromatic rings. The molecular formula is C18H18FN3O2S. The largest absolute Gasteiger partial charge is 0.361 e. The number of nitrogens with one attached hydrogen (secondary N) is 2. The van der Waals surface area contributed by atoms with Gasteiger partial charge in [0.2, 0.25) is 0 Å². The summed E-state index contributed by atoms with van der Waals surface area (Å²) >= 11 is 0. The summed E-state index contributed by atoms with van der Waals surface area (Å²) in [5.74, 6) is -0.560. The molecule has 0 radical (unpaired) electrons. The van der Waals surface area contributed by atoms with Gasteiger partial charge in [0.25, 0.3) is 5.91 Å². The molecule has 1 amide bonds. The molecule has 0 bridgehead atoms. The maximum Gasteiger partial charge on any atom is 0.257 e. The average Bonchev–Trinajstić information content (AvgIpc) is 3.20. The zero-order valence-corrected chi connectivity index (χ0v) is 13.4. The van der Waals surface area contributed by atoms with Crippen molar-refractivity contribution in [3.8, 4) is 11.3 Å². The van der Waals surface area contributed by atoms with E-state index in [1.165, 1.54) is 12.1 Å². The standard InChI is InChI=1S/C17H14FN3O2S.CH4/c18-10-3-4-12-16-14(17(22)21-12)9(11-2-1-6-20-11)8-13(15(10)16)24(23)7-5-19;/h1-4,6,8,20H,5,7,19H2,(H,21,22);1H4. The van der Waals surface area contributed by atoms with Gasteiger partial charge in [-0.05, 0) is 30.3 Å². The zero-order valence-electron chi connectivity index (χ0n) is 12.6. The van der Waals surface area contributed by atoms with E-state index in [0.717, 1.165) is 0 Å². The van der Waals surface area contributed by atoms with Gasteiger partial charge in [-0.1, -0.05) is 7.43 Å². The molecule has 130 valence electrons. The second-order valence-corrected chi connectivity index (χ2v) is 7.06. The first-order chi connectivity index (χ1) is 11.6. The minimum Gasteiger partial charge on any atom is -0.361 e. The van der Waals surface area contributed by atoms with Crippen LogP contribution in [0.1, 0.15) is 17.8 Å². The van der Waals surface area contributed by atoms with Crippen LogP contribution in [0.4, 0.5) is 10.1 Å². The first-order valence-electron chi connectivity index (χ1n) is 7.44. The van der Waals surface area contributed by atoms with Crippen molar-refractivity contribution in [2.24, 2.45) is 5.73 Å². The van der Waals surface area contributed by atoms with Crippen LogP contribution in [0.25, 0.3) is 22.0 Å². The predicted molar refractivity (Wildman–Crippen MR) is 98.7 cm³/mol. The van der Waals surface area contributed by atoms with Crippen LogP contribution >= 0.6 is 0 Å². The SMILES string of the molecule is C.NCCS(=O)c1cc(-c2ccc[nH]2)c2c3c(ccc(F)c13)NC2=O. The van der Waals surface area contributed by atoms with Crippen LogP contribution in [-0.2, 0) is 10.8 Å². The number of hydrogen-bond donors (Lipinski definition) is 3. The van der Waals surface area contributed by atoms with E-state index in [9.17, 15) is 13.4 Å². The number of carbonyl (C=O) groups is 1. The Hall–Kier alpha value is -2.51. The Kier molecular flexibility index (Phi) is 4.45. The molecule has 7 heteroatoms. The monoisotopic (exact) mass is 359 g/mol. The molecule has 2 heterocycles. The third kappa shape index (κ3) is 2.56. The normalized spacial score (nSPS) is 13.6. The number of anilines is 1. The molecule has 1 unspecified atom stereocenters. The van der Waals surface area contributed by atoms with Gasteiger partial charge in [-0.2, -0.15) is 0 Å². The predicted octanol–water partition coefficient (Wildman–Crippen LogP) is 3.24. The topological polar surface area (TPSA) is 88.0 Å². The van der Waals surface area contributed by atoms with E-state index in [4.69, 9.17) is 5.73 Å². The van der Waals surface area contributed by atoms with Crippen LogP contribution in [0.15, 0.2) is 41.4 Å². The Balaban J connectivity index is 0.00000182. The van der Waals surface area contributed by atoms with E-state index in [1.54, 1.807) is 12.3 Å². The molecule has 0 fully saturated rings. The van der Waals surface area contributed by atoms with E-state index in [2.05, 4.69) is 10.3 Å². The Morgan fingerprint density at radius 2 is 2.00 bits per heavy atom. The number of nitrogens with two attached hydrogens (primary N) is 1. The summed E-state index contributed by atoms with van der Waals surface area (Å²) in [6.45, 7) is 0.228. The lowest BCUT2D eigenvalue weighted by molar-refractivity contribution is 0.103. The van der Waals surface area contributed by atoms with Gasteiger partial charge in [-0.25, -0.2) is 4.39 Å². The van der Waals surface area contributed by atoms with Gasteiger partial charge in [0.05, 0.1) is 21.3 Å². The highest BCUT2D eigenvalue weighted by Gasteiger charge is 2.30. The Morgan fingerprint density at radius 3 is 2.68 bits per heavy atom. The molecule has 4 N–H and O–H groups in total. The number of hydrogen-bond acceptors (Lipinski definition) is 3. The van der Waals surface area contributed by atoms with E-state index in [0.29, 0.717) is 32.8 Å². The highest BCUT2D eigenvalue weighted by atomic mass is 32.2. The van der Waals surface area contributed by atoms with Crippen molar-refractivity contribution in [3.05, 3.63) is 47.9 Å². The van der Waals surface area contributed by atoms with Gasteiger partial charge >= 0.3 is 0 Å². The van der Waals surface area contributed by atoms with Gasteiger partial charge in [0, 0.05) is 46.2 Å². The third-order valence-electron chi connectivity index (χ3n) is 4.11. The summed E-state index contributed by atoms with van der Waals surface area (Å²) in [6.07, 6.45) is 1.74. The van der Waals surface area contributed by atoms with Crippen molar-refractivity contribution < 1.29 is 13.4 Å². The Bertz CT molecular complexity index is 999. The van der Waals surface area contributed by atoms with Crippen molar-refractivity contribution in [2.75, 3.05) is 17.6 Å². The Labute approximate surface area is 146 Å². The quantitative estimate of drug-likeness (QED) is 0.668. The van der Waals surface area contributed by atoms with Crippen LogP contribution < -0.4 is 11.1 Å². The van der Waals surface area contributed by atoms with Crippen molar-refractivity contribution in [3.63, 3.8) is 0 Å². The summed E-state index contributed by atoms with van der Waals surface area (Å²) in [7, 11) is -1.46. The highest BCUT2D eigenvalue weighted by molar-refractivity contribution is 7.85. The van der Waals surface area contributed by atoms with E-state index < -0.39 is 16.6 Å². The molecule has 0 aliphatic carbocycles. The minimum atomic E-state index is -1.46. The average molecular weight is 359 g/mol. The second kappa shape index (κ2) is 6.42. The third-order valence-corrected chi connectivity index (χ3v) is 5.53. The summed E-state index contributed by atoms with van der Waals surface area (Å²) in [5.41, 5.74) is 7.77. The second-order valence-electron chi connectivity index (χ2n) is 5.52. The molecular weight excluding hydrogens is 341 g/mol. The number of rotatable bonds is 4. The molecule has 2 aromatic carbocycles. The van der Waals surface area contributed by atoms with Crippen molar-refractivity contribution in [1.82, 2.24) is 4.98 Å². The van der Waals surface area contributed by atoms with E-state index in [1.807, 2.05) is 12.1 Å². The van der Waals surface area contributed by atoms with Crippen LogP contribution in [-0.4, -0.2) is 27.4 Å². The number of carbonyl (C=O) groups excluding carboxylic acids is 1. The van der Waals surface area contributed by atoms with Gasteiger partial charge in [-0.15, -0.1) is 0 Å². The summed E-state index contributed by atoms with van der Waals surface area (Å²) in [6, 6.07) is 8.07. The summed E-state index contributed by atoms with van der Waals surface area (Å²) in [5, 5.41) is 3.46. The lowest BCUT2D eigenvalue weighted by Crippen LogP contribution is -2.11. The molecule has 1 aliphatic rings. The zero-order chi connectivity index (χ0) is 16.8. The fraction of sp³-hybridized carbons (Fsp3) is 0.167. The number of amides is 1. The molecule has 1 aliphatic heterocycles. The lowest BCUT2D eigenvalue weighted by Gasteiger charge is -2.12. The molecule has 4 rings (SSSR count).